The monoisotopic (exact) mass is 354 g/mol. The number of carbonyl (C=O) groups is 1. The summed E-state index contributed by atoms with van der Waals surface area (Å²) in [6.07, 6.45) is 0. The summed E-state index contributed by atoms with van der Waals surface area (Å²) in [4.78, 5) is 11.9. The van der Waals surface area contributed by atoms with E-state index in [1.165, 1.54) is 0 Å². The molecule has 0 fully saturated rings. The molecule has 2 rings (SSSR count). The highest BCUT2D eigenvalue weighted by atomic mass is 32.2. The van der Waals surface area contributed by atoms with E-state index in [0.717, 1.165) is 16.9 Å². The molecule has 0 spiro atoms. The van der Waals surface area contributed by atoms with Crippen molar-refractivity contribution in [2.45, 2.75) is 32.0 Å². The molecule has 0 saturated heterocycles. The maximum absolute atomic E-state index is 12.3. The zero-order valence-corrected chi connectivity index (χ0v) is 14.9. The minimum atomic E-state index is -3.84. The Morgan fingerprint density at radius 3 is 2.52 bits per heavy atom. The second-order valence-electron chi connectivity index (χ2n) is 6.05. The van der Waals surface area contributed by atoms with Crippen LogP contribution in [0.2, 0.25) is 0 Å². The maximum Gasteiger partial charge on any atom is 0.291 e. The normalized spacial score (nSPS) is 12.0. The lowest BCUT2D eigenvalue weighted by atomic mass is 9.96. The number of benzene rings is 1. The Morgan fingerprint density at radius 2 is 1.91 bits per heavy atom. The van der Waals surface area contributed by atoms with Crippen molar-refractivity contribution in [2.75, 3.05) is 10.0 Å². The Labute approximate surface area is 139 Å². The Bertz CT molecular complexity index is 823. The SMILES string of the molecule is Cc1cccc(NS(=O)(=O)c2nnc(NC(=O)C(C)(C)C)s2)c1. The molecule has 1 amide bonds. The van der Waals surface area contributed by atoms with Crippen LogP contribution in [-0.2, 0) is 14.8 Å². The number of nitrogens with zero attached hydrogens (tertiary/aromatic N) is 2. The largest absolute Gasteiger partial charge is 0.300 e. The van der Waals surface area contributed by atoms with Crippen molar-refractivity contribution in [3.63, 3.8) is 0 Å². The van der Waals surface area contributed by atoms with Crippen molar-refractivity contribution in [3.8, 4) is 0 Å². The molecule has 2 aromatic rings. The van der Waals surface area contributed by atoms with E-state index in [2.05, 4.69) is 20.2 Å². The summed E-state index contributed by atoms with van der Waals surface area (Å²) < 4.78 is 26.8. The van der Waals surface area contributed by atoms with Gasteiger partial charge in [0.1, 0.15) is 0 Å². The average Bonchev–Trinajstić information content (AvgIpc) is 2.86. The van der Waals surface area contributed by atoms with Gasteiger partial charge in [0.15, 0.2) is 0 Å². The predicted molar refractivity (Wildman–Crippen MR) is 90.0 cm³/mol. The van der Waals surface area contributed by atoms with Crippen LogP contribution < -0.4 is 10.0 Å². The molecule has 0 aliphatic heterocycles. The van der Waals surface area contributed by atoms with Gasteiger partial charge in [-0.25, -0.2) is 0 Å². The molecule has 0 aliphatic carbocycles. The van der Waals surface area contributed by atoms with Crippen molar-refractivity contribution in [1.29, 1.82) is 0 Å². The third kappa shape index (κ3) is 4.49. The number of rotatable bonds is 4. The molecule has 1 aromatic heterocycles. The summed E-state index contributed by atoms with van der Waals surface area (Å²) in [5.74, 6) is -0.260. The third-order valence-corrected chi connectivity index (χ3v) is 5.40. The van der Waals surface area contributed by atoms with Crippen LogP contribution in [0.1, 0.15) is 26.3 Å². The Hall–Kier alpha value is -2.00. The van der Waals surface area contributed by atoms with E-state index in [9.17, 15) is 13.2 Å². The first kappa shape index (κ1) is 17.4. The number of nitrogens with one attached hydrogen (secondary N) is 2. The van der Waals surface area contributed by atoms with Gasteiger partial charge < -0.3 is 5.32 Å². The van der Waals surface area contributed by atoms with Gasteiger partial charge >= 0.3 is 0 Å². The molecular weight excluding hydrogens is 336 g/mol. The number of aryl methyl sites for hydroxylation is 1. The van der Waals surface area contributed by atoms with E-state index < -0.39 is 15.4 Å². The van der Waals surface area contributed by atoms with E-state index in [1.54, 1.807) is 39.0 Å². The second-order valence-corrected chi connectivity index (χ2v) is 8.89. The minimum Gasteiger partial charge on any atom is -0.300 e. The molecule has 23 heavy (non-hydrogen) atoms. The fraction of sp³-hybridized carbons (Fsp3) is 0.357. The fourth-order valence-corrected chi connectivity index (χ4v) is 3.51. The summed E-state index contributed by atoms with van der Waals surface area (Å²) >= 11 is 0.803. The summed E-state index contributed by atoms with van der Waals surface area (Å²) in [5, 5.41) is 10.1. The number of sulfonamides is 1. The van der Waals surface area contributed by atoms with Crippen molar-refractivity contribution in [1.82, 2.24) is 10.2 Å². The van der Waals surface area contributed by atoms with E-state index in [0.29, 0.717) is 5.69 Å². The van der Waals surface area contributed by atoms with Crippen LogP contribution in [0.3, 0.4) is 0 Å². The van der Waals surface area contributed by atoms with E-state index >= 15 is 0 Å². The lowest BCUT2D eigenvalue weighted by Crippen LogP contribution is -2.27. The summed E-state index contributed by atoms with van der Waals surface area (Å²) in [5.41, 5.74) is 0.769. The van der Waals surface area contributed by atoms with Crippen LogP contribution in [0.5, 0.6) is 0 Å². The van der Waals surface area contributed by atoms with Crippen molar-refractivity contribution < 1.29 is 13.2 Å². The van der Waals surface area contributed by atoms with Crippen LogP contribution in [0.4, 0.5) is 10.8 Å². The second kappa shape index (κ2) is 6.25. The topological polar surface area (TPSA) is 101 Å². The van der Waals surface area contributed by atoms with Gasteiger partial charge in [-0.15, -0.1) is 10.2 Å². The first-order chi connectivity index (χ1) is 10.6. The molecule has 9 heteroatoms. The quantitative estimate of drug-likeness (QED) is 0.822. The highest BCUT2D eigenvalue weighted by molar-refractivity contribution is 7.94. The zero-order valence-electron chi connectivity index (χ0n) is 13.2. The van der Waals surface area contributed by atoms with Gasteiger partial charge in [0.2, 0.25) is 11.0 Å². The van der Waals surface area contributed by atoms with Gasteiger partial charge in [0.25, 0.3) is 14.4 Å². The van der Waals surface area contributed by atoms with Gasteiger partial charge in [0, 0.05) is 11.1 Å². The highest BCUT2D eigenvalue weighted by Gasteiger charge is 2.25. The Kier molecular flexibility index (Phi) is 4.71. The van der Waals surface area contributed by atoms with Gasteiger partial charge in [-0.05, 0) is 24.6 Å². The van der Waals surface area contributed by atoms with Gasteiger partial charge in [-0.2, -0.15) is 8.42 Å². The first-order valence-corrected chi connectivity index (χ1v) is 9.12. The maximum atomic E-state index is 12.3. The van der Waals surface area contributed by atoms with Crippen LogP contribution >= 0.6 is 11.3 Å². The Morgan fingerprint density at radius 1 is 1.22 bits per heavy atom. The number of aromatic nitrogens is 2. The van der Waals surface area contributed by atoms with E-state index in [1.807, 2.05) is 13.0 Å². The number of hydrogen-bond donors (Lipinski definition) is 2. The van der Waals surface area contributed by atoms with Crippen molar-refractivity contribution in [3.05, 3.63) is 29.8 Å². The van der Waals surface area contributed by atoms with Gasteiger partial charge in [-0.1, -0.05) is 44.2 Å². The van der Waals surface area contributed by atoms with E-state index in [-0.39, 0.29) is 15.4 Å². The van der Waals surface area contributed by atoms with Gasteiger partial charge in [-0.3, -0.25) is 9.52 Å². The van der Waals surface area contributed by atoms with Gasteiger partial charge in [0.05, 0.1) is 0 Å². The lowest BCUT2D eigenvalue weighted by Gasteiger charge is -2.15. The first-order valence-electron chi connectivity index (χ1n) is 6.82. The molecule has 0 saturated carbocycles. The van der Waals surface area contributed by atoms with Crippen molar-refractivity contribution >= 4 is 38.1 Å². The minimum absolute atomic E-state index is 0.148. The van der Waals surface area contributed by atoms with Crippen LogP contribution in [0, 0.1) is 12.3 Å². The fourth-order valence-electron chi connectivity index (χ4n) is 1.56. The highest BCUT2D eigenvalue weighted by Crippen LogP contribution is 2.24. The van der Waals surface area contributed by atoms with Crippen LogP contribution in [0.15, 0.2) is 28.6 Å². The third-order valence-electron chi connectivity index (χ3n) is 2.81. The molecule has 1 aromatic carbocycles. The number of hydrogen-bond acceptors (Lipinski definition) is 6. The summed E-state index contributed by atoms with van der Waals surface area (Å²) in [6.45, 7) is 7.11. The number of anilines is 2. The molecule has 0 radical (unpaired) electrons. The molecule has 0 atom stereocenters. The smallest absolute Gasteiger partial charge is 0.291 e. The average molecular weight is 354 g/mol. The standard InChI is InChI=1S/C14H18N4O3S2/c1-9-6-5-7-10(8-9)18-23(20,21)13-17-16-12(22-13)15-11(19)14(2,3)4/h5-8,18H,1-4H3,(H,15,16,19). The summed E-state index contributed by atoms with van der Waals surface area (Å²) in [7, 11) is -3.84. The molecule has 0 bridgehead atoms. The molecule has 0 unspecified atom stereocenters. The molecular formula is C14H18N4O3S2. The lowest BCUT2D eigenvalue weighted by molar-refractivity contribution is -0.123. The molecule has 7 nitrogen and oxygen atoms in total. The summed E-state index contributed by atoms with van der Waals surface area (Å²) in [6, 6.07) is 6.97. The molecule has 2 N–H and O–H groups in total. The molecule has 124 valence electrons. The van der Waals surface area contributed by atoms with Crippen molar-refractivity contribution in [2.24, 2.45) is 5.41 Å². The Balaban J connectivity index is 2.17. The number of carbonyl (C=O) groups excluding carboxylic acids is 1. The molecule has 1 heterocycles. The molecule has 0 aliphatic rings. The predicted octanol–water partition coefficient (Wildman–Crippen LogP) is 2.63. The van der Waals surface area contributed by atoms with Crippen LogP contribution in [0.25, 0.3) is 0 Å². The number of amides is 1. The zero-order chi connectivity index (χ0) is 17.3. The van der Waals surface area contributed by atoms with E-state index in [4.69, 9.17) is 0 Å². The van der Waals surface area contributed by atoms with Crippen LogP contribution in [-0.4, -0.2) is 24.5 Å².